The molecule has 14 heavy (non-hydrogen) atoms. The molecule has 1 heterocycles. The minimum absolute atomic E-state index is 0.118. The fourth-order valence-corrected chi connectivity index (χ4v) is 2.34. The van der Waals surface area contributed by atoms with Gasteiger partial charge in [-0.2, -0.15) is 0 Å². The van der Waals surface area contributed by atoms with Gasteiger partial charge >= 0.3 is 5.97 Å². The van der Waals surface area contributed by atoms with Crippen LogP contribution in [-0.2, 0) is 24.1 Å². The summed E-state index contributed by atoms with van der Waals surface area (Å²) in [6.45, 7) is 4.12. The van der Waals surface area contributed by atoms with Crippen LogP contribution in [0.3, 0.4) is 0 Å². The third-order valence-corrected chi connectivity index (χ3v) is 3.17. The molecule has 0 aromatic carbocycles. The SMILES string of the molecule is CCCc1nc(CC)sc1CC(=O)O. The molecule has 0 aliphatic carbocycles. The van der Waals surface area contributed by atoms with Gasteiger partial charge in [0, 0.05) is 4.88 Å². The maximum atomic E-state index is 10.6. The molecular formula is C10H15NO2S. The van der Waals surface area contributed by atoms with E-state index >= 15 is 0 Å². The van der Waals surface area contributed by atoms with Crippen LogP contribution in [0.15, 0.2) is 0 Å². The Morgan fingerprint density at radius 1 is 1.50 bits per heavy atom. The minimum Gasteiger partial charge on any atom is -0.481 e. The molecule has 4 heteroatoms. The van der Waals surface area contributed by atoms with E-state index in [-0.39, 0.29) is 6.42 Å². The number of aryl methyl sites for hydroxylation is 2. The average molecular weight is 213 g/mol. The Morgan fingerprint density at radius 2 is 2.21 bits per heavy atom. The highest BCUT2D eigenvalue weighted by Crippen LogP contribution is 2.21. The summed E-state index contributed by atoms with van der Waals surface area (Å²) in [7, 11) is 0. The molecule has 0 bridgehead atoms. The number of aromatic nitrogens is 1. The van der Waals surface area contributed by atoms with Crippen LogP contribution in [0, 0.1) is 0 Å². The minimum atomic E-state index is -0.770. The van der Waals surface area contributed by atoms with Crippen molar-refractivity contribution in [1.82, 2.24) is 4.98 Å². The third kappa shape index (κ3) is 2.80. The number of hydrogen-bond donors (Lipinski definition) is 1. The highest BCUT2D eigenvalue weighted by atomic mass is 32.1. The number of hydrogen-bond acceptors (Lipinski definition) is 3. The fraction of sp³-hybridized carbons (Fsp3) is 0.600. The van der Waals surface area contributed by atoms with Crippen molar-refractivity contribution < 1.29 is 9.90 Å². The Morgan fingerprint density at radius 3 is 2.71 bits per heavy atom. The predicted molar refractivity (Wildman–Crippen MR) is 56.8 cm³/mol. The van der Waals surface area contributed by atoms with Crippen molar-refractivity contribution in [2.24, 2.45) is 0 Å². The van der Waals surface area contributed by atoms with E-state index in [9.17, 15) is 4.79 Å². The van der Waals surface area contributed by atoms with Gasteiger partial charge in [0.1, 0.15) is 0 Å². The van der Waals surface area contributed by atoms with Crippen molar-refractivity contribution in [1.29, 1.82) is 0 Å². The number of carboxylic acid groups (broad SMARTS) is 1. The van der Waals surface area contributed by atoms with Gasteiger partial charge in [0.05, 0.1) is 17.1 Å². The topological polar surface area (TPSA) is 50.2 Å². The van der Waals surface area contributed by atoms with E-state index in [0.29, 0.717) is 0 Å². The second-order valence-electron chi connectivity index (χ2n) is 3.15. The van der Waals surface area contributed by atoms with Gasteiger partial charge in [-0.3, -0.25) is 4.79 Å². The first kappa shape index (κ1) is 11.2. The average Bonchev–Trinajstić information content (AvgIpc) is 2.48. The van der Waals surface area contributed by atoms with Crippen LogP contribution < -0.4 is 0 Å². The lowest BCUT2D eigenvalue weighted by Gasteiger charge is -1.95. The highest BCUT2D eigenvalue weighted by molar-refractivity contribution is 7.11. The lowest BCUT2D eigenvalue weighted by molar-refractivity contribution is -0.136. The zero-order valence-electron chi connectivity index (χ0n) is 8.54. The molecule has 0 atom stereocenters. The number of nitrogens with zero attached hydrogens (tertiary/aromatic N) is 1. The third-order valence-electron chi connectivity index (χ3n) is 1.92. The summed E-state index contributed by atoms with van der Waals surface area (Å²) in [6, 6.07) is 0. The van der Waals surface area contributed by atoms with E-state index < -0.39 is 5.97 Å². The molecule has 0 radical (unpaired) electrons. The molecule has 1 N–H and O–H groups in total. The summed E-state index contributed by atoms with van der Waals surface area (Å²) < 4.78 is 0. The molecule has 1 aromatic rings. The zero-order valence-corrected chi connectivity index (χ0v) is 9.36. The second-order valence-corrected chi connectivity index (χ2v) is 4.32. The van der Waals surface area contributed by atoms with Crippen LogP contribution in [-0.4, -0.2) is 16.1 Å². The molecule has 3 nitrogen and oxygen atoms in total. The van der Waals surface area contributed by atoms with Crippen LogP contribution in [0.5, 0.6) is 0 Å². The molecule has 0 aliphatic heterocycles. The molecule has 78 valence electrons. The Hall–Kier alpha value is -0.900. The van der Waals surface area contributed by atoms with Crippen molar-refractivity contribution >= 4 is 17.3 Å². The van der Waals surface area contributed by atoms with Crippen molar-refractivity contribution in [3.63, 3.8) is 0 Å². The van der Waals surface area contributed by atoms with E-state index in [4.69, 9.17) is 5.11 Å². The first-order chi connectivity index (χ1) is 6.67. The Kier molecular flexibility index (Phi) is 4.07. The summed E-state index contributed by atoms with van der Waals surface area (Å²) in [6.07, 6.45) is 2.91. The standard InChI is InChI=1S/C10H15NO2S/c1-3-5-7-8(6-10(12)13)14-9(4-2)11-7/h3-6H2,1-2H3,(H,12,13). The molecule has 0 aliphatic rings. The number of carbonyl (C=O) groups is 1. The molecule has 1 rings (SSSR count). The van der Waals surface area contributed by atoms with E-state index in [1.165, 1.54) is 11.3 Å². The maximum absolute atomic E-state index is 10.6. The van der Waals surface area contributed by atoms with Gasteiger partial charge in [-0.15, -0.1) is 11.3 Å². The van der Waals surface area contributed by atoms with Crippen molar-refractivity contribution in [3.8, 4) is 0 Å². The predicted octanol–water partition coefficient (Wildman–Crippen LogP) is 2.29. The number of thiazole rings is 1. The van der Waals surface area contributed by atoms with Crippen molar-refractivity contribution in [2.45, 2.75) is 39.5 Å². The monoisotopic (exact) mass is 213 g/mol. The molecule has 0 unspecified atom stereocenters. The van der Waals surface area contributed by atoms with Crippen LogP contribution in [0.25, 0.3) is 0 Å². The molecule has 1 aromatic heterocycles. The van der Waals surface area contributed by atoms with E-state index in [2.05, 4.69) is 11.9 Å². The molecule has 0 spiro atoms. The van der Waals surface area contributed by atoms with E-state index in [1.54, 1.807) is 0 Å². The first-order valence-electron chi connectivity index (χ1n) is 4.86. The van der Waals surface area contributed by atoms with Crippen molar-refractivity contribution in [2.75, 3.05) is 0 Å². The van der Waals surface area contributed by atoms with Gasteiger partial charge in [0.15, 0.2) is 0 Å². The van der Waals surface area contributed by atoms with Gasteiger partial charge in [0.25, 0.3) is 0 Å². The Labute approximate surface area is 87.8 Å². The fourth-order valence-electron chi connectivity index (χ4n) is 1.30. The lowest BCUT2D eigenvalue weighted by atomic mass is 10.2. The molecule has 0 amide bonds. The second kappa shape index (κ2) is 5.10. The smallest absolute Gasteiger partial charge is 0.308 e. The van der Waals surface area contributed by atoms with Crippen LogP contribution >= 0.6 is 11.3 Å². The quantitative estimate of drug-likeness (QED) is 0.816. The van der Waals surface area contributed by atoms with Gasteiger partial charge in [-0.05, 0) is 12.8 Å². The van der Waals surface area contributed by atoms with Crippen LogP contribution in [0.1, 0.15) is 35.8 Å². The molecule has 0 fully saturated rings. The molecular weight excluding hydrogens is 198 g/mol. The number of carboxylic acids is 1. The van der Waals surface area contributed by atoms with Gasteiger partial charge < -0.3 is 5.11 Å². The summed E-state index contributed by atoms with van der Waals surface area (Å²) in [5, 5.41) is 9.77. The van der Waals surface area contributed by atoms with Crippen LogP contribution in [0.2, 0.25) is 0 Å². The Bertz CT molecular complexity index is 320. The first-order valence-corrected chi connectivity index (χ1v) is 5.68. The van der Waals surface area contributed by atoms with E-state index in [0.717, 1.165) is 34.8 Å². The van der Waals surface area contributed by atoms with Gasteiger partial charge in [-0.1, -0.05) is 20.3 Å². The molecule has 0 saturated carbocycles. The lowest BCUT2D eigenvalue weighted by Crippen LogP contribution is -2.01. The number of rotatable bonds is 5. The Balaban J connectivity index is 2.87. The summed E-state index contributed by atoms with van der Waals surface area (Å²) >= 11 is 1.54. The van der Waals surface area contributed by atoms with Crippen LogP contribution in [0.4, 0.5) is 0 Å². The maximum Gasteiger partial charge on any atom is 0.308 e. The summed E-state index contributed by atoms with van der Waals surface area (Å²) in [5.74, 6) is -0.770. The van der Waals surface area contributed by atoms with E-state index in [1.807, 2.05) is 6.92 Å². The normalized spacial score (nSPS) is 10.4. The largest absolute Gasteiger partial charge is 0.481 e. The molecule has 0 saturated heterocycles. The van der Waals surface area contributed by atoms with Crippen molar-refractivity contribution in [3.05, 3.63) is 15.6 Å². The number of aliphatic carboxylic acids is 1. The highest BCUT2D eigenvalue weighted by Gasteiger charge is 2.12. The summed E-state index contributed by atoms with van der Waals surface area (Å²) in [4.78, 5) is 16.0. The summed E-state index contributed by atoms with van der Waals surface area (Å²) in [5.41, 5.74) is 0.983. The zero-order chi connectivity index (χ0) is 10.6. The van der Waals surface area contributed by atoms with Gasteiger partial charge in [0.2, 0.25) is 0 Å². The van der Waals surface area contributed by atoms with Gasteiger partial charge in [-0.25, -0.2) is 4.98 Å².